The van der Waals surface area contributed by atoms with Crippen molar-refractivity contribution in [2.24, 2.45) is 34.5 Å². The van der Waals surface area contributed by atoms with Crippen LogP contribution in [0.25, 0.3) is 16.7 Å². The molecule has 0 bridgehead atoms. The van der Waals surface area contributed by atoms with Crippen molar-refractivity contribution in [1.29, 1.82) is 0 Å². The highest BCUT2D eigenvalue weighted by atomic mass is 32.2. The minimum Gasteiger partial charge on any atom is -0.408 e. The van der Waals surface area contributed by atoms with Gasteiger partial charge in [0.1, 0.15) is 11.4 Å². The van der Waals surface area contributed by atoms with Crippen LogP contribution in [0.5, 0.6) is 0 Å². The largest absolute Gasteiger partial charge is 0.417 e. The van der Waals surface area contributed by atoms with Crippen LogP contribution in [0.15, 0.2) is 39.7 Å². The fourth-order valence-electron chi connectivity index (χ4n) is 9.67. The van der Waals surface area contributed by atoms with E-state index in [1.165, 1.54) is 12.3 Å². The van der Waals surface area contributed by atoms with Crippen LogP contribution in [-0.4, -0.2) is 58.2 Å². The van der Waals surface area contributed by atoms with Crippen LogP contribution in [-0.2, 0) is 16.6 Å². The lowest BCUT2D eigenvalue weighted by Gasteiger charge is -2.81. The van der Waals surface area contributed by atoms with Crippen molar-refractivity contribution in [3.63, 3.8) is 0 Å². The maximum Gasteiger partial charge on any atom is 0.417 e. The number of hydrogen-bond acceptors (Lipinski definition) is 8. The predicted molar refractivity (Wildman–Crippen MR) is 137 cm³/mol. The molecule has 0 aliphatic heterocycles. The van der Waals surface area contributed by atoms with Gasteiger partial charge in [0.05, 0.1) is 18.0 Å². The average molecular weight is 580 g/mol. The number of aromatic amines is 1. The smallest absolute Gasteiger partial charge is 0.408 e. The number of halogens is 1. The maximum absolute atomic E-state index is 14.5. The molecule has 210 valence electrons. The molecule has 7 unspecified atom stereocenters. The topological polar surface area (TPSA) is 181 Å². The third-order valence-corrected chi connectivity index (χ3v) is 11.3. The molecule has 0 saturated heterocycles. The first kappa shape index (κ1) is 23.6. The number of aromatic nitrogens is 4. The molecule has 7 atom stereocenters. The van der Waals surface area contributed by atoms with Crippen molar-refractivity contribution < 1.29 is 26.8 Å². The van der Waals surface area contributed by atoms with Crippen molar-refractivity contribution in [2.75, 3.05) is 12.8 Å². The molecule has 13 nitrogen and oxygen atoms in total. The molecule has 3 aromatic heterocycles. The number of H-pyrrole nitrogens is 1. The number of benzene rings is 1. The minimum absolute atomic E-state index is 0.0198. The van der Waals surface area contributed by atoms with Gasteiger partial charge in [-0.1, -0.05) is 6.07 Å². The van der Waals surface area contributed by atoms with Gasteiger partial charge < -0.3 is 15.1 Å². The number of nitrogens with zero attached hydrogens (tertiary/aromatic N) is 3. The standard InChI is InChI=1S/C26H22FN7O6S/c1-41(38,39)33-26-17-16-19(26)25(26)8-24(16,18(17)25)9-29-22(36)14-5-13(31-20-11(27)7-30-34(14)20)21(35)28-6-10-2-3-15-12(4-10)32-23(37)40-15/h2-5,7,16-19,33H,6,8-9H2,1H3,(H,28,35)(H,29,36)(H,32,37). The fraction of sp³-hybridized carbons (Fsp3) is 0.423. The Morgan fingerprint density at radius 2 is 2.02 bits per heavy atom. The molecule has 1 aromatic carbocycles. The first-order valence-electron chi connectivity index (χ1n) is 13.2. The zero-order valence-electron chi connectivity index (χ0n) is 21.4. The highest BCUT2D eigenvalue weighted by Crippen LogP contribution is 3.13. The van der Waals surface area contributed by atoms with Crippen molar-refractivity contribution in [2.45, 2.75) is 18.5 Å². The number of hydrogen-bond donors (Lipinski definition) is 4. The zero-order chi connectivity index (χ0) is 28.3. The van der Waals surface area contributed by atoms with Gasteiger partial charge in [-0.2, -0.15) is 5.10 Å². The molecule has 5 aliphatic rings. The Hall–Kier alpha value is -4.11. The second kappa shape index (κ2) is 6.85. The van der Waals surface area contributed by atoms with E-state index in [-0.39, 0.29) is 39.9 Å². The number of rotatable bonds is 8. The Morgan fingerprint density at radius 3 is 2.73 bits per heavy atom. The third kappa shape index (κ3) is 2.52. The lowest BCUT2D eigenvalue weighted by Crippen LogP contribution is -2.86. The zero-order valence-corrected chi connectivity index (χ0v) is 22.2. The molecule has 0 radical (unpaired) electrons. The van der Waals surface area contributed by atoms with E-state index in [9.17, 15) is 27.2 Å². The highest BCUT2D eigenvalue weighted by Gasteiger charge is 3.16. The molecule has 2 amide bonds. The van der Waals surface area contributed by atoms with E-state index >= 15 is 0 Å². The van der Waals surface area contributed by atoms with E-state index in [1.54, 1.807) is 18.2 Å². The maximum atomic E-state index is 14.5. The van der Waals surface area contributed by atoms with E-state index in [1.807, 2.05) is 0 Å². The molecule has 41 heavy (non-hydrogen) atoms. The van der Waals surface area contributed by atoms with Gasteiger partial charge >= 0.3 is 5.76 Å². The Labute approximate surface area is 229 Å². The third-order valence-electron chi connectivity index (χ3n) is 10.6. The molecule has 1 spiro atoms. The van der Waals surface area contributed by atoms with Crippen LogP contribution >= 0.6 is 0 Å². The van der Waals surface area contributed by atoms with Gasteiger partial charge in [-0.25, -0.2) is 31.8 Å². The summed E-state index contributed by atoms with van der Waals surface area (Å²) in [5.41, 5.74) is 0.936. The van der Waals surface area contributed by atoms with E-state index in [2.05, 4.69) is 30.4 Å². The summed E-state index contributed by atoms with van der Waals surface area (Å²) in [6.07, 6.45) is 3.02. The summed E-state index contributed by atoms with van der Waals surface area (Å²) in [5.74, 6) is -0.948. The predicted octanol–water partition coefficient (Wildman–Crippen LogP) is 0.146. The molecular formula is C26H22FN7O6S. The first-order chi connectivity index (χ1) is 19.5. The van der Waals surface area contributed by atoms with Gasteiger partial charge in [0.15, 0.2) is 17.0 Å². The summed E-state index contributed by atoms with van der Waals surface area (Å²) >= 11 is 0. The molecule has 4 aromatic rings. The second-order valence-electron chi connectivity index (χ2n) is 12.2. The summed E-state index contributed by atoms with van der Waals surface area (Å²) in [7, 11) is -3.27. The fourth-order valence-corrected chi connectivity index (χ4v) is 10.7. The van der Waals surface area contributed by atoms with Crippen molar-refractivity contribution in [1.82, 2.24) is 34.9 Å². The van der Waals surface area contributed by atoms with Crippen molar-refractivity contribution in [3.05, 3.63) is 63.8 Å². The lowest BCUT2D eigenvalue weighted by molar-refractivity contribution is -0.317. The number of oxazole rings is 1. The van der Waals surface area contributed by atoms with Crippen LogP contribution < -0.4 is 21.1 Å². The summed E-state index contributed by atoms with van der Waals surface area (Å²) in [6, 6.07) is 6.24. The van der Waals surface area contributed by atoms with Crippen LogP contribution in [0.4, 0.5) is 4.39 Å². The van der Waals surface area contributed by atoms with Crippen molar-refractivity contribution >= 4 is 38.6 Å². The molecule has 5 saturated carbocycles. The van der Waals surface area contributed by atoms with Crippen LogP contribution in [0.1, 0.15) is 33.0 Å². The minimum atomic E-state index is -3.27. The van der Waals surface area contributed by atoms with Crippen molar-refractivity contribution in [3.8, 4) is 0 Å². The Kier molecular flexibility index (Phi) is 3.94. The summed E-state index contributed by atoms with van der Waals surface area (Å²) in [4.78, 5) is 44.4. The number of sulfonamides is 1. The SMILES string of the molecule is CS(=O)(=O)NC12C3C4C1C21CC4(CNC(=O)c2cc(C(=O)NCc4ccc5oc(=O)[nH]c5c4)nc4c(F)cnn24)C31. The van der Waals surface area contributed by atoms with Crippen LogP contribution in [0.3, 0.4) is 0 Å². The summed E-state index contributed by atoms with van der Waals surface area (Å²) in [5, 5.41) is 9.62. The Morgan fingerprint density at radius 1 is 1.20 bits per heavy atom. The van der Waals surface area contributed by atoms with Gasteiger partial charge in [-0.05, 0) is 58.6 Å². The molecule has 3 heterocycles. The second-order valence-corrected chi connectivity index (χ2v) is 13.9. The molecule has 4 N–H and O–H groups in total. The molecule has 9 rings (SSSR count). The van der Waals surface area contributed by atoms with Gasteiger partial charge in [0.2, 0.25) is 10.0 Å². The quantitative estimate of drug-likeness (QED) is 0.228. The number of carbonyl (C=O) groups excluding carboxylic acids is 2. The number of amides is 2. The number of nitrogens with one attached hydrogen (secondary N) is 4. The van der Waals surface area contributed by atoms with Crippen LogP contribution in [0.2, 0.25) is 0 Å². The highest BCUT2D eigenvalue weighted by molar-refractivity contribution is 7.88. The van der Waals surface area contributed by atoms with E-state index in [0.717, 1.165) is 17.1 Å². The monoisotopic (exact) mass is 579 g/mol. The number of fused-ring (bicyclic) bond motifs is 4. The lowest BCUT2D eigenvalue weighted by atomic mass is 9.24. The molecule has 5 aliphatic carbocycles. The van der Waals surface area contributed by atoms with E-state index in [4.69, 9.17) is 4.42 Å². The van der Waals surface area contributed by atoms with Gasteiger partial charge in [0, 0.05) is 24.7 Å². The Bertz CT molecular complexity index is 2080. The summed E-state index contributed by atoms with van der Waals surface area (Å²) in [6.45, 7) is 0.516. The Balaban J connectivity index is 0.920. The first-order valence-corrected chi connectivity index (χ1v) is 15.1. The number of carbonyl (C=O) groups is 2. The van der Waals surface area contributed by atoms with E-state index < -0.39 is 33.4 Å². The van der Waals surface area contributed by atoms with Gasteiger partial charge in [-0.15, -0.1) is 0 Å². The normalized spacial score (nSPS) is 34.6. The van der Waals surface area contributed by atoms with Crippen LogP contribution in [0, 0.1) is 40.3 Å². The molecule has 5 fully saturated rings. The van der Waals surface area contributed by atoms with E-state index in [0.29, 0.717) is 46.9 Å². The molecule has 15 heteroatoms. The summed E-state index contributed by atoms with van der Waals surface area (Å²) < 4.78 is 47.2. The molecular weight excluding hydrogens is 557 g/mol. The van der Waals surface area contributed by atoms with Gasteiger partial charge in [-0.3, -0.25) is 14.6 Å². The van der Waals surface area contributed by atoms with Gasteiger partial charge in [0.25, 0.3) is 11.8 Å². The average Bonchev–Trinajstić information content (AvgIpc) is 3.54.